The van der Waals surface area contributed by atoms with E-state index < -0.39 is 5.97 Å². The smallest absolute Gasteiger partial charge is 0.328 e. The Morgan fingerprint density at radius 1 is 1.17 bits per heavy atom. The minimum Gasteiger partial charge on any atom is -0.478 e. The number of carbonyl (C=O) groups excluding carboxylic acids is 1. The molecule has 1 aliphatic rings. The molecule has 130 valence electrons. The molecule has 1 aliphatic carbocycles. The van der Waals surface area contributed by atoms with Crippen molar-refractivity contribution in [3.8, 4) is 5.75 Å². The number of benzene rings is 1. The second-order valence-corrected chi connectivity index (χ2v) is 6.52. The van der Waals surface area contributed by atoms with Crippen LogP contribution in [0.1, 0.15) is 57.4 Å². The van der Waals surface area contributed by atoms with E-state index in [1.54, 1.807) is 24.3 Å². The van der Waals surface area contributed by atoms with Crippen LogP contribution < -0.4 is 4.74 Å². The molecule has 0 spiro atoms. The summed E-state index contributed by atoms with van der Waals surface area (Å²) in [5.41, 5.74) is 0.758. The summed E-state index contributed by atoms with van der Waals surface area (Å²) in [5.74, 6) is 0.169. The SMILES string of the molecule is CCCCC1CCC(C(=O)Oc2ccc(C=CC(=O)O)cc2)CC1. The van der Waals surface area contributed by atoms with Crippen LogP contribution in [0.3, 0.4) is 0 Å². The van der Waals surface area contributed by atoms with Crippen LogP contribution in [0.15, 0.2) is 30.3 Å². The van der Waals surface area contributed by atoms with Crippen LogP contribution in [0.25, 0.3) is 6.08 Å². The molecule has 0 aliphatic heterocycles. The van der Waals surface area contributed by atoms with Gasteiger partial charge >= 0.3 is 11.9 Å². The Kier molecular flexibility index (Phi) is 7.04. The predicted octanol–water partition coefficient (Wildman–Crippen LogP) is 4.69. The quantitative estimate of drug-likeness (QED) is 0.448. The predicted molar refractivity (Wildman–Crippen MR) is 93.7 cm³/mol. The molecule has 0 radical (unpaired) electrons. The lowest BCUT2D eigenvalue weighted by atomic mass is 9.80. The average Bonchev–Trinajstić information content (AvgIpc) is 2.59. The highest BCUT2D eigenvalue weighted by atomic mass is 16.5. The standard InChI is InChI=1S/C20H26O4/c1-2-3-4-15-5-10-17(11-6-15)20(23)24-18-12-7-16(8-13-18)9-14-19(21)22/h7-9,12-15,17H,2-6,10-11H2,1H3,(H,21,22). The third-order valence-electron chi connectivity index (χ3n) is 4.66. The molecule has 0 unspecified atom stereocenters. The van der Waals surface area contributed by atoms with Crippen LogP contribution in [0.2, 0.25) is 0 Å². The van der Waals surface area contributed by atoms with E-state index in [0.29, 0.717) is 5.75 Å². The van der Waals surface area contributed by atoms with Crippen molar-refractivity contribution in [2.24, 2.45) is 11.8 Å². The van der Waals surface area contributed by atoms with Gasteiger partial charge in [-0.1, -0.05) is 38.3 Å². The Balaban J connectivity index is 1.81. The van der Waals surface area contributed by atoms with Crippen LogP contribution in [-0.2, 0) is 9.59 Å². The van der Waals surface area contributed by atoms with E-state index >= 15 is 0 Å². The van der Waals surface area contributed by atoms with Gasteiger partial charge in [-0.15, -0.1) is 0 Å². The number of rotatable bonds is 7. The molecule has 0 heterocycles. The highest BCUT2D eigenvalue weighted by Gasteiger charge is 2.27. The summed E-state index contributed by atoms with van der Waals surface area (Å²) in [6, 6.07) is 6.88. The number of esters is 1. The van der Waals surface area contributed by atoms with E-state index in [-0.39, 0.29) is 11.9 Å². The fourth-order valence-electron chi connectivity index (χ4n) is 3.19. The van der Waals surface area contributed by atoms with Crippen LogP contribution >= 0.6 is 0 Å². The van der Waals surface area contributed by atoms with Crippen molar-refractivity contribution >= 4 is 18.0 Å². The number of unbranched alkanes of at least 4 members (excludes halogenated alkanes) is 1. The molecular formula is C20H26O4. The van der Waals surface area contributed by atoms with Gasteiger partial charge in [-0.25, -0.2) is 4.79 Å². The van der Waals surface area contributed by atoms with Gasteiger partial charge in [0.25, 0.3) is 0 Å². The summed E-state index contributed by atoms with van der Waals surface area (Å²) in [4.78, 5) is 22.8. The number of carboxylic acids is 1. The molecule has 0 aromatic heterocycles. The largest absolute Gasteiger partial charge is 0.478 e. The van der Waals surface area contributed by atoms with E-state index in [2.05, 4.69) is 6.92 Å². The molecule has 2 rings (SSSR count). The van der Waals surface area contributed by atoms with Crippen LogP contribution in [-0.4, -0.2) is 17.0 Å². The van der Waals surface area contributed by atoms with Gasteiger partial charge in [0.2, 0.25) is 0 Å². The molecule has 0 saturated heterocycles. The summed E-state index contributed by atoms with van der Waals surface area (Å²) in [5, 5.41) is 8.60. The first-order chi connectivity index (χ1) is 11.6. The zero-order valence-electron chi connectivity index (χ0n) is 14.2. The summed E-state index contributed by atoms with van der Waals surface area (Å²) < 4.78 is 5.47. The lowest BCUT2D eigenvalue weighted by Gasteiger charge is -2.27. The first kappa shape index (κ1) is 18.2. The van der Waals surface area contributed by atoms with Crippen LogP contribution in [0.5, 0.6) is 5.75 Å². The Hall–Kier alpha value is -2.10. The first-order valence-corrected chi connectivity index (χ1v) is 8.81. The van der Waals surface area contributed by atoms with Crippen molar-refractivity contribution in [3.05, 3.63) is 35.9 Å². The van der Waals surface area contributed by atoms with Crippen molar-refractivity contribution < 1.29 is 19.4 Å². The van der Waals surface area contributed by atoms with E-state index in [1.807, 2.05) is 0 Å². The summed E-state index contributed by atoms with van der Waals surface area (Å²) in [6.07, 6.45) is 10.5. The van der Waals surface area contributed by atoms with Crippen molar-refractivity contribution in [1.29, 1.82) is 0 Å². The number of aliphatic carboxylic acids is 1. The minimum absolute atomic E-state index is 0.00876. The molecular weight excluding hydrogens is 304 g/mol. The second-order valence-electron chi connectivity index (χ2n) is 6.52. The van der Waals surface area contributed by atoms with Crippen molar-refractivity contribution in [3.63, 3.8) is 0 Å². The zero-order chi connectivity index (χ0) is 17.4. The molecule has 1 N–H and O–H groups in total. The normalized spacial score (nSPS) is 20.9. The molecule has 0 atom stereocenters. The maximum atomic E-state index is 12.3. The molecule has 4 heteroatoms. The third-order valence-corrected chi connectivity index (χ3v) is 4.66. The highest BCUT2D eigenvalue weighted by Crippen LogP contribution is 2.32. The fraction of sp³-hybridized carbons (Fsp3) is 0.500. The molecule has 24 heavy (non-hydrogen) atoms. The van der Waals surface area contributed by atoms with Gasteiger partial charge in [0.05, 0.1) is 5.92 Å². The molecule has 1 aromatic carbocycles. The number of hydrogen-bond acceptors (Lipinski definition) is 3. The van der Waals surface area contributed by atoms with Gasteiger partial charge in [0.1, 0.15) is 5.75 Å². The second kappa shape index (κ2) is 9.26. The summed E-state index contributed by atoms with van der Waals surface area (Å²) >= 11 is 0. The van der Waals surface area contributed by atoms with E-state index in [0.717, 1.165) is 43.2 Å². The molecule has 0 amide bonds. The Morgan fingerprint density at radius 2 is 1.83 bits per heavy atom. The van der Waals surface area contributed by atoms with Crippen LogP contribution in [0, 0.1) is 11.8 Å². The van der Waals surface area contributed by atoms with Crippen molar-refractivity contribution in [1.82, 2.24) is 0 Å². The molecule has 1 fully saturated rings. The van der Waals surface area contributed by atoms with Gasteiger partial charge in [-0.2, -0.15) is 0 Å². The van der Waals surface area contributed by atoms with Gasteiger partial charge < -0.3 is 9.84 Å². The number of carboxylic acid groups (broad SMARTS) is 1. The van der Waals surface area contributed by atoms with E-state index in [9.17, 15) is 9.59 Å². The zero-order valence-corrected chi connectivity index (χ0v) is 14.2. The maximum Gasteiger partial charge on any atom is 0.328 e. The minimum atomic E-state index is -0.986. The number of ether oxygens (including phenoxy) is 1. The summed E-state index contributed by atoms with van der Waals surface area (Å²) in [6.45, 7) is 2.21. The Bertz CT molecular complexity index is 566. The van der Waals surface area contributed by atoms with Gasteiger partial charge in [-0.05, 0) is 55.4 Å². The molecule has 1 aromatic rings. The first-order valence-electron chi connectivity index (χ1n) is 8.81. The monoisotopic (exact) mass is 330 g/mol. The van der Waals surface area contributed by atoms with Gasteiger partial charge in [0, 0.05) is 6.08 Å². The Morgan fingerprint density at radius 3 is 2.42 bits per heavy atom. The van der Waals surface area contributed by atoms with Crippen molar-refractivity contribution in [2.45, 2.75) is 51.9 Å². The van der Waals surface area contributed by atoms with Gasteiger partial charge in [-0.3, -0.25) is 4.79 Å². The van der Waals surface area contributed by atoms with Crippen LogP contribution in [0.4, 0.5) is 0 Å². The van der Waals surface area contributed by atoms with Crippen molar-refractivity contribution in [2.75, 3.05) is 0 Å². The van der Waals surface area contributed by atoms with Gasteiger partial charge in [0.15, 0.2) is 0 Å². The lowest BCUT2D eigenvalue weighted by Crippen LogP contribution is -2.25. The average molecular weight is 330 g/mol. The lowest BCUT2D eigenvalue weighted by molar-refractivity contribution is -0.140. The van der Waals surface area contributed by atoms with E-state index in [4.69, 9.17) is 9.84 Å². The number of hydrogen-bond donors (Lipinski definition) is 1. The molecule has 1 saturated carbocycles. The highest BCUT2D eigenvalue weighted by molar-refractivity contribution is 5.85. The maximum absolute atomic E-state index is 12.3. The molecule has 4 nitrogen and oxygen atoms in total. The molecule has 0 bridgehead atoms. The number of carbonyl (C=O) groups is 2. The topological polar surface area (TPSA) is 63.6 Å². The van der Waals surface area contributed by atoms with E-state index in [1.165, 1.54) is 25.3 Å². The fourth-order valence-corrected chi connectivity index (χ4v) is 3.19. The summed E-state index contributed by atoms with van der Waals surface area (Å²) in [7, 11) is 0. The Labute approximate surface area is 143 Å². The third kappa shape index (κ3) is 5.84.